The van der Waals surface area contributed by atoms with E-state index in [-0.39, 0.29) is 42.2 Å². The van der Waals surface area contributed by atoms with Crippen molar-refractivity contribution >= 4 is 218 Å². The Hall–Kier alpha value is -6.19. The molecule has 46 heteroatoms. The third-order valence-electron chi connectivity index (χ3n) is 14.5. The van der Waals surface area contributed by atoms with Crippen LogP contribution >= 0.6 is 171 Å². The van der Waals surface area contributed by atoms with Crippen LogP contribution in [0.15, 0.2) is 30.3 Å². The van der Waals surface area contributed by atoms with E-state index in [9.17, 15) is 0 Å². The number of hydrogen-bond donors (Lipinski definition) is 19. The molecule has 0 unspecified atom stereocenters. The monoisotopic (exact) mass is 1760 g/mol. The van der Waals surface area contributed by atoms with Crippen molar-refractivity contribution in [3.8, 4) is 0 Å². The fourth-order valence-electron chi connectivity index (χ4n) is 9.14. The fourth-order valence-corrected chi connectivity index (χ4v) is 12.2. The molecule has 7 aromatic heterocycles. The summed E-state index contributed by atoms with van der Waals surface area (Å²) in [6.07, 6.45) is 20.3. The van der Waals surface area contributed by atoms with Crippen LogP contribution in [-0.4, -0.2) is 218 Å². The van der Waals surface area contributed by atoms with Crippen LogP contribution in [0.3, 0.4) is 0 Å². The van der Waals surface area contributed by atoms with Gasteiger partial charge >= 0.3 is 0 Å². The summed E-state index contributed by atoms with van der Waals surface area (Å²) in [6, 6.07) is 9.66. The van der Waals surface area contributed by atoms with Crippen LogP contribution in [0, 0.1) is 66.8 Å². The van der Waals surface area contributed by atoms with E-state index < -0.39 is 0 Å². The number of benzene rings is 1. The summed E-state index contributed by atoms with van der Waals surface area (Å²) in [5.74, 6) is 4.24. The minimum atomic E-state index is -0.367. The van der Waals surface area contributed by atoms with Crippen molar-refractivity contribution < 1.29 is 20.4 Å². The predicted molar refractivity (Wildman–Crippen MR) is 474 cm³/mol. The van der Waals surface area contributed by atoms with Gasteiger partial charge in [0.2, 0.25) is 75.0 Å². The van der Waals surface area contributed by atoms with E-state index in [1.165, 1.54) is 94.8 Å². The van der Waals surface area contributed by atoms with Gasteiger partial charge in [-0.1, -0.05) is 123 Å². The lowest BCUT2D eigenvalue weighted by Crippen LogP contribution is -2.31. The first-order valence-corrected chi connectivity index (χ1v) is 41.0. The summed E-state index contributed by atoms with van der Waals surface area (Å²) >= 11 is 69.3. The fraction of sp³-hybridized carbons (Fsp3) is 0.571. The van der Waals surface area contributed by atoms with Crippen LogP contribution in [0.25, 0.3) is 0 Å². The van der Waals surface area contributed by atoms with E-state index in [1.807, 2.05) is 44.4 Å². The molecule has 7 heterocycles. The number of aliphatic hydroxyl groups is 4. The third-order valence-corrected chi connectivity index (χ3v) is 17.3. The lowest BCUT2D eigenvalue weighted by atomic mass is 10.1. The van der Waals surface area contributed by atoms with Gasteiger partial charge in [0.1, 0.15) is 13.5 Å². The lowest BCUT2D eigenvalue weighted by Gasteiger charge is -2.23. The number of para-hydroxylation sites is 1. The predicted octanol–water partition coefficient (Wildman–Crippen LogP) is 16.5. The number of rotatable bonds is 36. The molecule has 0 amide bonds. The normalized spacial score (nSPS) is 10.3. The Bertz CT molecular complexity index is 4430. The minimum Gasteiger partial charge on any atom is -0.395 e. The van der Waals surface area contributed by atoms with Gasteiger partial charge < -0.3 is 120 Å². The highest BCUT2D eigenvalue weighted by atomic mass is 32.1. The zero-order valence-corrected chi connectivity index (χ0v) is 73.9. The van der Waals surface area contributed by atoms with E-state index in [0.717, 1.165) is 75.6 Å². The first-order chi connectivity index (χ1) is 52.2. The van der Waals surface area contributed by atoms with E-state index in [4.69, 9.17) is 191 Å². The summed E-state index contributed by atoms with van der Waals surface area (Å²) in [5, 5.41) is 38.3. The highest BCUT2D eigenvalue weighted by molar-refractivity contribution is 7.73. The first kappa shape index (κ1) is 98.9. The van der Waals surface area contributed by atoms with Gasteiger partial charge in [-0.05, 0) is 223 Å². The Labute approximate surface area is 706 Å². The Balaban J connectivity index is 0.000000438. The summed E-state index contributed by atoms with van der Waals surface area (Å²) in [4.78, 5) is 79.5. The minimum absolute atomic E-state index is 0.0341. The van der Waals surface area contributed by atoms with E-state index >= 15 is 0 Å². The van der Waals surface area contributed by atoms with Crippen molar-refractivity contribution in [3.05, 3.63) is 97.1 Å². The highest BCUT2D eigenvalue weighted by Gasteiger charge is 2.12. The average molecular weight is 1770 g/mol. The molecule has 0 spiro atoms. The number of nitrogens with one attached hydrogen (secondary N) is 15. The molecule has 32 nitrogen and oxygen atoms in total. The largest absolute Gasteiger partial charge is 0.395 e. The van der Waals surface area contributed by atoms with Crippen LogP contribution in [0.2, 0.25) is 0 Å². The quantitative estimate of drug-likeness (QED) is 0.00985. The molecule has 8 aromatic rings. The second-order valence-electron chi connectivity index (χ2n) is 23.3. The Morgan fingerprint density at radius 1 is 0.294 bits per heavy atom. The highest BCUT2D eigenvalue weighted by Crippen LogP contribution is 2.16. The maximum atomic E-state index is 8.84. The second kappa shape index (κ2) is 58.7. The van der Waals surface area contributed by atoms with Gasteiger partial charge in [0.15, 0.2) is 33.4 Å². The summed E-state index contributed by atoms with van der Waals surface area (Å²) in [5.41, 5.74) is 0.927. The van der Waals surface area contributed by atoms with Gasteiger partial charge in [-0.3, -0.25) is 4.90 Å². The average Bonchev–Trinajstić information content (AvgIpc) is 0.862. The summed E-state index contributed by atoms with van der Waals surface area (Å²) < 4.78 is 5.79. The molecule has 0 radical (unpaired) electrons. The van der Waals surface area contributed by atoms with Crippen molar-refractivity contribution in [2.75, 3.05) is 128 Å². The van der Waals surface area contributed by atoms with Gasteiger partial charge in [0.05, 0.1) is 13.2 Å². The zero-order valence-electron chi connectivity index (χ0n) is 62.5. The number of unbranched alkanes of at least 4 members (excludes halogenated alkanes) is 12. The zero-order chi connectivity index (χ0) is 81.1. The van der Waals surface area contributed by atoms with Crippen LogP contribution in [0.5, 0.6) is 0 Å². The number of nitrogens with zero attached hydrogens (tertiary/aromatic N) is 13. The molecule has 109 heavy (non-hydrogen) atoms. The molecule has 604 valence electrons. The number of aromatic nitrogens is 21. The van der Waals surface area contributed by atoms with Crippen LogP contribution in [-0.2, 0) is 0 Å². The molecule has 0 aliphatic carbocycles. The number of aromatic amines is 14. The van der Waals surface area contributed by atoms with Crippen molar-refractivity contribution in [2.45, 2.75) is 144 Å². The Kier molecular flexibility index (Phi) is 53.2. The van der Waals surface area contributed by atoms with Crippen molar-refractivity contribution in [1.82, 2.24) is 105 Å². The number of hydrogen-bond acceptors (Lipinski definition) is 32. The first-order valence-electron chi connectivity index (χ1n) is 35.3. The Morgan fingerprint density at radius 3 is 0.853 bits per heavy atom. The van der Waals surface area contributed by atoms with E-state index in [2.05, 4.69) is 166 Å². The SMILES string of the molecule is CCCCCCCCN(CCCCCCCC)c1nc(=S)[nH]c(=S)[nH]1.CCCCN(CCCC)c1nc(=S)[nH]c(=S)[nH]1.CCN(CC)c1nc(=S)[nH]c(=S)[nH]1.CN(C)c1nc(=S)[nH]c(=S)[nH]1.OCCN(CCO)c1nc(=S)[nH]c(=S)[nH]1.OCN(CO)c1nc(=S)[nH]c(=S)[nH]1.S=c1nc(Nc2ccccc2)[nH]c(=S)[nH]1. The molecular formula is C63H104N28O4S14. The van der Waals surface area contributed by atoms with Crippen LogP contribution in [0.1, 0.15) is 144 Å². The van der Waals surface area contributed by atoms with Crippen molar-refractivity contribution in [1.29, 1.82) is 0 Å². The van der Waals surface area contributed by atoms with E-state index in [1.54, 1.807) is 9.80 Å². The molecule has 0 bridgehead atoms. The van der Waals surface area contributed by atoms with Crippen LogP contribution in [0.4, 0.5) is 47.3 Å². The molecule has 0 saturated heterocycles. The van der Waals surface area contributed by atoms with Crippen molar-refractivity contribution in [2.24, 2.45) is 0 Å². The summed E-state index contributed by atoms with van der Waals surface area (Å²) in [7, 11) is 3.73. The summed E-state index contributed by atoms with van der Waals surface area (Å²) in [6.45, 7) is 18.7. The molecule has 0 atom stereocenters. The third kappa shape index (κ3) is 44.0. The molecule has 0 aliphatic heterocycles. The van der Waals surface area contributed by atoms with Gasteiger partial charge in [0, 0.05) is 72.1 Å². The Morgan fingerprint density at radius 2 is 0.560 bits per heavy atom. The van der Waals surface area contributed by atoms with Crippen LogP contribution < -0.4 is 34.7 Å². The maximum Gasteiger partial charge on any atom is 0.211 e. The smallest absolute Gasteiger partial charge is 0.211 e. The molecule has 0 saturated carbocycles. The number of H-pyrrole nitrogens is 14. The van der Waals surface area contributed by atoms with Gasteiger partial charge in [0.25, 0.3) is 0 Å². The number of anilines is 8. The molecule has 19 N–H and O–H groups in total. The molecule has 0 aliphatic rings. The molecule has 8 rings (SSSR count). The molecular weight excluding hydrogens is 1660 g/mol. The topological polar surface area (TPSA) is 424 Å². The maximum absolute atomic E-state index is 8.84. The van der Waals surface area contributed by atoms with Gasteiger partial charge in [-0.25, -0.2) is 0 Å². The lowest BCUT2D eigenvalue weighted by molar-refractivity contribution is 0.220. The molecule has 1 aromatic carbocycles. The van der Waals surface area contributed by atoms with E-state index in [0.29, 0.717) is 88.2 Å². The number of aliphatic hydroxyl groups excluding tert-OH is 4. The standard InChI is InChI=1S/C19H36N4S2.C11H20N4S2.C9H8N4S2.C7H12N4O2S2.C7H12N4S2.C5H8N4O2S2.C5H8N4S2/c1-3-5-7-9-11-13-15-23(16-14-12-10-8-6-4-2)17-20-18(24)22-19(25)21-17;1-3-5-7-15(8-6-4-2)9-12-10(16)14-11(17)13-9;14-8-11-7(12-9(15)13-8)10-6-4-2-1-3-5-6;12-3-1-11(2-4-13)5-8-6(14)10-7(15)9-5;1-3-11(4-2)5-8-6(12)10-7(13)9-5;10-1-9(2-11)3-6-4(12)8-5(13)7-3;1-9(2)3-6-4(10)8-5(11)7-3/h3-16H2,1-2H3,(H2,20,21,22,24,25);3-8H2,1-2H3,(H2,12,13,14,16,17);1-5H,(H3,10,11,12,13,14,15);12-13H,1-4H2,(H2,8,9,10,14,15);3-4H2,1-2H3,(H2,8,9,10,12,13);10-11H,1-2H2,(H2,6,7,8,12,13);1-2H3,(H2,6,7,8,10,11). The molecule has 0 fully saturated rings. The second-order valence-corrected chi connectivity index (χ2v) is 28.9. The van der Waals surface area contributed by atoms with Crippen molar-refractivity contribution in [3.63, 3.8) is 0 Å². The van der Waals surface area contributed by atoms with Gasteiger partial charge in [-0.15, -0.1) is 0 Å². The van der Waals surface area contributed by atoms with Gasteiger partial charge in [-0.2, -0.15) is 34.9 Å².